The average Bonchev–Trinajstić information content (AvgIpc) is 2.57. The van der Waals surface area contributed by atoms with E-state index in [1.54, 1.807) is 20.2 Å². The molecule has 0 unspecified atom stereocenters. The number of nitrogens with zero attached hydrogens (tertiary/aromatic N) is 4. The van der Waals surface area contributed by atoms with E-state index in [1.165, 1.54) is 13.9 Å². The van der Waals surface area contributed by atoms with Gasteiger partial charge in [-0.2, -0.15) is 5.26 Å². The summed E-state index contributed by atoms with van der Waals surface area (Å²) >= 11 is 10.2. The molecule has 1 heterocycles. The number of aromatic nitrogens is 3. The summed E-state index contributed by atoms with van der Waals surface area (Å²) in [6, 6.07) is 3.34. The average molecular weight is 298 g/mol. The fraction of sp³-hybridized carbons (Fsp3) is 0.182. The van der Waals surface area contributed by atoms with Crippen molar-refractivity contribution in [2.24, 2.45) is 14.1 Å². The minimum absolute atomic E-state index is 0.0873. The van der Waals surface area contributed by atoms with Crippen molar-refractivity contribution in [3.8, 4) is 11.8 Å². The maximum Gasteiger partial charge on any atom is 0.201 e. The van der Waals surface area contributed by atoms with Crippen LogP contribution in [0.5, 0.6) is 0 Å². The van der Waals surface area contributed by atoms with Crippen LogP contribution in [-0.2, 0) is 14.1 Å². The summed E-state index contributed by atoms with van der Waals surface area (Å²) in [4.78, 5) is 0. The standard InChI is InChI=1S/C11H8F2N4S2/c1-15-10(18)16(2)17(11(15)19)9-4-7(12)6(5-14)3-8(9)13/h3-4H,1-2H3. The van der Waals surface area contributed by atoms with Gasteiger partial charge in [0, 0.05) is 20.2 Å². The lowest BCUT2D eigenvalue weighted by molar-refractivity contribution is 0.560. The van der Waals surface area contributed by atoms with Gasteiger partial charge in [0.15, 0.2) is 4.77 Å². The molecule has 0 aliphatic carbocycles. The van der Waals surface area contributed by atoms with E-state index in [0.717, 1.165) is 12.1 Å². The zero-order chi connectivity index (χ0) is 14.3. The van der Waals surface area contributed by atoms with Gasteiger partial charge >= 0.3 is 0 Å². The van der Waals surface area contributed by atoms with E-state index in [4.69, 9.17) is 29.7 Å². The fourth-order valence-corrected chi connectivity index (χ4v) is 2.24. The third kappa shape index (κ3) is 2.01. The second kappa shape index (κ2) is 4.68. The smallest absolute Gasteiger partial charge is 0.201 e. The summed E-state index contributed by atoms with van der Waals surface area (Å²) in [5, 5.41) is 8.65. The van der Waals surface area contributed by atoms with Gasteiger partial charge in [-0.25, -0.2) is 13.5 Å². The summed E-state index contributed by atoms with van der Waals surface area (Å²) in [5.41, 5.74) is -0.444. The Labute approximate surface area is 117 Å². The molecule has 0 radical (unpaired) electrons. The SMILES string of the molecule is Cn1c(=S)n(C)n(-c2cc(F)c(C#N)cc2F)c1=S. The van der Waals surface area contributed by atoms with Crippen LogP contribution >= 0.6 is 24.4 Å². The van der Waals surface area contributed by atoms with Crippen molar-refractivity contribution in [1.82, 2.24) is 13.9 Å². The molecule has 19 heavy (non-hydrogen) atoms. The molecule has 1 aromatic heterocycles. The van der Waals surface area contributed by atoms with Crippen LogP contribution in [0.3, 0.4) is 0 Å². The quantitative estimate of drug-likeness (QED) is 0.760. The predicted molar refractivity (Wildman–Crippen MR) is 70.0 cm³/mol. The van der Waals surface area contributed by atoms with E-state index in [2.05, 4.69) is 0 Å². The first-order chi connectivity index (χ1) is 8.88. The molecule has 0 N–H and O–H groups in total. The third-order valence-electron chi connectivity index (χ3n) is 2.72. The van der Waals surface area contributed by atoms with Gasteiger partial charge in [-0.1, -0.05) is 0 Å². The summed E-state index contributed by atoms with van der Waals surface area (Å²) < 4.78 is 32.4. The Morgan fingerprint density at radius 1 is 1.11 bits per heavy atom. The van der Waals surface area contributed by atoms with Crippen molar-refractivity contribution in [2.75, 3.05) is 0 Å². The summed E-state index contributed by atoms with van der Waals surface area (Å²) in [7, 11) is 3.23. The van der Waals surface area contributed by atoms with Gasteiger partial charge in [0.05, 0.1) is 5.56 Å². The molecular formula is C11H8F2N4S2. The number of hydrogen-bond donors (Lipinski definition) is 0. The molecule has 0 fully saturated rings. The van der Waals surface area contributed by atoms with Gasteiger partial charge in [-0.3, -0.25) is 9.25 Å². The molecule has 0 saturated heterocycles. The highest BCUT2D eigenvalue weighted by Gasteiger charge is 2.15. The van der Waals surface area contributed by atoms with Gasteiger partial charge in [0.1, 0.15) is 23.4 Å². The maximum absolute atomic E-state index is 14.0. The Morgan fingerprint density at radius 2 is 1.74 bits per heavy atom. The third-order valence-corrected chi connectivity index (χ3v) is 3.70. The monoisotopic (exact) mass is 298 g/mol. The summed E-state index contributed by atoms with van der Waals surface area (Å²) in [5.74, 6) is -1.55. The first-order valence-corrected chi connectivity index (χ1v) is 5.94. The molecule has 2 aromatic rings. The molecule has 0 saturated carbocycles. The normalized spacial score (nSPS) is 10.5. The van der Waals surface area contributed by atoms with E-state index in [-0.39, 0.29) is 16.0 Å². The number of rotatable bonds is 1. The molecule has 98 valence electrons. The van der Waals surface area contributed by atoms with E-state index in [1.807, 2.05) is 0 Å². The van der Waals surface area contributed by atoms with Gasteiger partial charge in [-0.05, 0) is 30.5 Å². The lowest BCUT2D eigenvalue weighted by Gasteiger charge is -2.08. The molecule has 0 aliphatic rings. The minimum Gasteiger partial charge on any atom is -0.296 e. The summed E-state index contributed by atoms with van der Waals surface area (Å²) in [6.07, 6.45) is 0. The molecule has 1 aromatic carbocycles. The highest BCUT2D eigenvalue weighted by molar-refractivity contribution is 7.72. The van der Waals surface area contributed by atoms with Gasteiger partial charge in [0.2, 0.25) is 4.77 Å². The largest absolute Gasteiger partial charge is 0.296 e. The highest BCUT2D eigenvalue weighted by atomic mass is 32.1. The lowest BCUT2D eigenvalue weighted by Crippen LogP contribution is -2.09. The van der Waals surface area contributed by atoms with Crippen molar-refractivity contribution >= 4 is 24.4 Å². The Bertz CT molecular complexity index is 823. The van der Waals surface area contributed by atoms with Crippen LogP contribution in [0.1, 0.15) is 5.56 Å². The predicted octanol–water partition coefficient (Wildman–Crippen LogP) is 2.76. The van der Waals surface area contributed by atoms with Crippen molar-refractivity contribution < 1.29 is 8.78 Å². The van der Waals surface area contributed by atoms with Gasteiger partial charge in [0.25, 0.3) is 0 Å². The molecule has 0 atom stereocenters. The summed E-state index contributed by atoms with van der Waals surface area (Å²) in [6.45, 7) is 0. The Morgan fingerprint density at radius 3 is 2.21 bits per heavy atom. The second-order valence-corrected chi connectivity index (χ2v) is 4.59. The Hall–Kier alpha value is -1.85. The number of halogens is 2. The molecule has 0 bridgehead atoms. The zero-order valence-corrected chi connectivity index (χ0v) is 11.6. The zero-order valence-electron chi connectivity index (χ0n) is 10.0. The first kappa shape index (κ1) is 13.6. The molecule has 8 heteroatoms. The van der Waals surface area contributed by atoms with Crippen LogP contribution in [-0.4, -0.2) is 13.9 Å². The Kier molecular flexibility index (Phi) is 3.34. The minimum atomic E-state index is -0.810. The van der Waals surface area contributed by atoms with E-state index < -0.39 is 11.6 Å². The molecule has 2 rings (SSSR count). The molecule has 4 nitrogen and oxygen atoms in total. The van der Waals surface area contributed by atoms with Crippen LogP contribution in [0.4, 0.5) is 8.78 Å². The first-order valence-electron chi connectivity index (χ1n) is 5.13. The van der Waals surface area contributed by atoms with Gasteiger partial charge in [-0.15, -0.1) is 0 Å². The van der Waals surface area contributed by atoms with Crippen LogP contribution in [0.15, 0.2) is 12.1 Å². The molecular weight excluding hydrogens is 290 g/mol. The maximum atomic E-state index is 14.0. The second-order valence-electron chi connectivity index (χ2n) is 3.85. The van der Waals surface area contributed by atoms with Crippen LogP contribution in [0.25, 0.3) is 5.69 Å². The number of benzene rings is 1. The van der Waals surface area contributed by atoms with Crippen molar-refractivity contribution in [1.29, 1.82) is 5.26 Å². The molecule has 0 aliphatic heterocycles. The number of nitriles is 1. The fourth-order valence-electron chi connectivity index (χ4n) is 1.70. The van der Waals surface area contributed by atoms with Gasteiger partial charge < -0.3 is 0 Å². The van der Waals surface area contributed by atoms with E-state index in [0.29, 0.717) is 4.77 Å². The van der Waals surface area contributed by atoms with Crippen LogP contribution in [0, 0.1) is 32.5 Å². The molecule has 0 spiro atoms. The van der Waals surface area contributed by atoms with E-state index >= 15 is 0 Å². The van der Waals surface area contributed by atoms with Crippen molar-refractivity contribution in [2.45, 2.75) is 0 Å². The Balaban J connectivity index is 2.86. The van der Waals surface area contributed by atoms with Crippen LogP contribution < -0.4 is 0 Å². The molecule has 0 amide bonds. The van der Waals surface area contributed by atoms with Crippen molar-refractivity contribution in [3.05, 3.63) is 38.9 Å². The van der Waals surface area contributed by atoms with Crippen molar-refractivity contribution in [3.63, 3.8) is 0 Å². The topological polar surface area (TPSA) is 38.6 Å². The van der Waals surface area contributed by atoms with E-state index in [9.17, 15) is 8.78 Å². The lowest BCUT2D eigenvalue weighted by atomic mass is 10.2. The highest BCUT2D eigenvalue weighted by Crippen LogP contribution is 2.19. The van der Waals surface area contributed by atoms with Crippen LogP contribution in [0.2, 0.25) is 0 Å². The number of hydrogen-bond acceptors (Lipinski definition) is 3.